The molecule has 1 aliphatic heterocycles. The van der Waals surface area contributed by atoms with Crippen molar-refractivity contribution in [2.24, 2.45) is 0 Å². The lowest BCUT2D eigenvalue weighted by molar-refractivity contribution is -0.393. The van der Waals surface area contributed by atoms with Crippen LogP contribution in [0.5, 0.6) is 0 Å². The molecule has 0 spiro atoms. The van der Waals surface area contributed by atoms with E-state index < -0.39 is 9.85 Å². The molecule has 0 saturated carbocycles. The minimum Gasteiger partial charge on any atom is -0.265 e. The van der Waals surface area contributed by atoms with Gasteiger partial charge in [0.05, 0.1) is 22.0 Å². The monoisotopic (exact) mass is 263 g/mol. The highest BCUT2D eigenvalue weighted by Crippen LogP contribution is 2.39. The average molecular weight is 263 g/mol. The van der Waals surface area contributed by atoms with Crippen molar-refractivity contribution in [1.82, 2.24) is 0 Å². The molecule has 2 unspecified atom stereocenters. The molecule has 3 rings (SSSR count). The molecule has 0 amide bonds. The van der Waals surface area contributed by atoms with Gasteiger partial charge in [-0.2, -0.15) is 0 Å². The fourth-order valence-electron chi connectivity index (χ4n) is 2.32. The Morgan fingerprint density at radius 2 is 2.00 bits per heavy atom. The molecular formula is C11H9N3O5. The van der Waals surface area contributed by atoms with Crippen LogP contribution in [0.2, 0.25) is 0 Å². The van der Waals surface area contributed by atoms with Gasteiger partial charge in [-0.1, -0.05) is 12.2 Å². The Morgan fingerprint density at radius 3 is 2.53 bits per heavy atom. The third kappa shape index (κ3) is 1.82. The molecule has 0 N–H and O–H groups in total. The van der Waals surface area contributed by atoms with Gasteiger partial charge in [0.25, 0.3) is 5.69 Å². The van der Waals surface area contributed by atoms with Gasteiger partial charge in [0.2, 0.25) is 0 Å². The van der Waals surface area contributed by atoms with Crippen molar-refractivity contribution >= 4 is 17.1 Å². The Kier molecular flexibility index (Phi) is 2.46. The molecule has 8 heteroatoms. The summed E-state index contributed by atoms with van der Waals surface area (Å²) in [6.45, 7) is 0. The van der Waals surface area contributed by atoms with Crippen molar-refractivity contribution in [2.45, 2.75) is 18.6 Å². The van der Waals surface area contributed by atoms with E-state index in [-0.39, 0.29) is 29.2 Å². The molecular weight excluding hydrogens is 254 g/mol. The second-order valence-corrected chi connectivity index (χ2v) is 4.34. The largest absolute Gasteiger partial charge is 0.301 e. The van der Waals surface area contributed by atoms with Crippen molar-refractivity contribution in [1.29, 1.82) is 0 Å². The van der Waals surface area contributed by atoms with Gasteiger partial charge in [0, 0.05) is 12.5 Å². The number of fused-ring (bicyclic) bond motifs is 2. The van der Waals surface area contributed by atoms with Gasteiger partial charge in [-0.25, -0.2) is 5.06 Å². The highest BCUT2D eigenvalue weighted by Gasteiger charge is 2.38. The highest BCUT2D eigenvalue weighted by atomic mass is 16.7. The van der Waals surface area contributed by atoms with E-state index in [2.05, 4.69) is 0 Å². The van der Waals surface area contributed by atoms with Crippen molar-refractivity contribution in [3.63, 3.8) is 0 Å². The lowest BCUT2D eigenvalue weighted by Gasteiger charge is -2.24. The maximum absolute atomic E-state index is 11.0. The Hall–Kier alpha value is -2.48. The van der Waals surface area contributed by atoms with Crippen LogP contribution in [-0.4, -0.2) is 22.0 Å². The van der Waals surface area contributed by atoms with E-state index >= 15 is 0 Å². The Labute approximate surface area is 107 Å². The highest BCUT2D eigenvalue weighted by molar-refractivity contribution is 5.67. The van der Waals surface area contributed by atoms with Crippen molar-refractivity contribution in [2.75, 3.05) is 5.06 Å². The summed E-state index contributed by atoms with van der Waals surface area (Å²) in [5.41, 5.74) is -0.391. The first kappa shape index (κ1) is 11.6. The minimum absolute atomic E-state index is 0.0508. The summed E-state index contributed by atoms with van der Waals surface area (Å²) in [6, 6.07) is 3.49. The van der Waals surface area contributed by atoms with Gasteiger partial charge in [-0.15, -0.1) is 0 Å². The van der Waals surface area contributed by atoms with E-state index in [0.29, 0.717) is 0 Å². The number of benzene rings is 1. The molecule has 2 atom stereocenters. The summed E-state index contributed by atoms with van der Waals surface area (Å²) in [5, 5.41) is 23.2. The molecule has 1 aromatic carbocycles. The van der Waals surface area contributed by atoms with Crippen LogP contribution in [0.15, 0.2) is 30.4 Å². The van der Waals surface area contributed by atoms with Crippen LogP contribution in [0.3, 0.4) is 0 Å². The number of nitro groups is 2. The number of nitro benzene ring substituents is 2. The minimum atomic E-state index is -0.659. The quantitative estimate of drug-likeness (QED) is 0.469. The summed E-state index contributed by atoms with van der Waals surface area (Å²) in [7, 11) is 0. The van der Waals surface area contributed by atoms with Crippen LogP contribution < -0.4 is 5.06 Å². The Bertz CT molecular complexity index is 600. The maximum atomic E-state index is 11.0. The molecule has 1 saturated heterocycles. The smallest absolute Gasteiger partial charge is 0.265 e. The summed E-state index contributed by atoms with van der Waals surface area (Å²) in [6.07, 6.45) is 4.49. The van der Waals surface area contributed by atoms with Crippen molar-refractivity contribution < 1.29 is 14.7 Å². The number of hydrogen-bond acceptors (Lipinski definition) is 6. The average Bonchev–Trinajstić information content (AvgIpc) is 3.00. The van der Waals surface area contributed by atoms with E-state index in [1.54, 1.807) is 0 Å². The van der Waals surface area contributed by atoms with Crippen LogP contribution in [0.4, 0.5) is 17.1 Å². The molecule has 1 aliphatic carbocycles. The second-order valence-electron chi connectivity index (χ2n) is 4.34. The van der Waals surface area contributed by atoms with Crippen LogP contribution in [0.25, 0.3) is 0 Å². The number of nitrogens with zero attached hydrogens (tertiary/aromatic N) is 3. The number of hydroxylamine groups is 1. The lowest BCUT2D eigenvalue weighted by Crippen LogP contribution is -2.28. The first-order chi connectivity index (χ1) is 9.06. The molecule has 0 aromatic heterocycles. The zero-order valence-electron chi connectivity index (χ0n) is 9.63. The number of non-ortho nitro benzene ring substituents is 1. The Balaban J connectivity index is 2.03. The molecule has 2 bridgehead atoms. The summed E-state index contributed by atoms with van der Waals surface area (Å²) in [5.74, 6) is 0. The van der Waals surface area contributed by atoms with Gasteiger partial charge in [0.1, 0.15) is 11.8 Å². The predicted octanol–water partition coefficient (Wildman–Crippen LogP) is 1.95. The predicted molar refractivity (Wildman–Crippen MR) is 64.6 cm³/mol. The lowest BCUT2D eigenvalue weighted by atomic mass is 10.2. The molecule has 1 heterocycles. The van der Waals surface area contributed by atoms with Gasteiger partial charge in [-0.3, -0.25) is 25.1 Å². The van der Waals surface area contributed by atoms with Crippen LogP contribution in [-0.2, 0) is 4.84 Å². The van der Waals surface area contributed by atoms with Crippen molar-refractivity contribution in [3.8, 4) is 0 Å². The summed E-state index contributed by atoms with van der Waals surface area (Å²) < 4.78 is 0. The standard InChI is InChI=1S/C11H9N3O5/c15-13(16)8-2-4-10(11(6-8)14(17)18)12-7-1-3-9(5-7)19-12/h1-4,6-7,9H,5H2. The van der Waals surface area contributed by atoms with E-state index in [4.69, 9.17) is 4.84 Å². The number of rotatable bonds is 3. The third-order valence-electron chi connectivity index (χ3n) is 3.18. The normalized spacial score (nSPS) is 23.9. The molecule has 1 aromatic rings. The van der Waals surface area contributed by atoms with Gasteiger partial charge >= 0.3 is 5.69 Å². The van der Waals surface area contributed by atoms with Gasteiger partial charge in [-0.05, 0) is 6.07 Å². The van der Waals surface area contributed by atoms with Crippen LogP contribution in [0.1, 0.15) is 6.42 Å². The molecule has 19 heavy (non-hydrogen) atoms. The zero-order chi connectivity index (χ0) is 13.6. The van der Waals surface area contributed by atoms with E-state index in [1.807, 2.05) is 12.2 Å². The fourth-order valence-corrected chi connectivity index (χ4v) is 2.32. The molecule has 8 nitrogen and oxygen atoms in total. The zero-order valence-corrected chi connectivity index (χ0v) is 9.63. The topological polar surface area (TPSA) is 98.8 Å². The maximum Gasteiger partial charge on any atom is 0.301 e. The van der Waals surface area contributed by atoms with Gasteiger partial charge < -0.3 is 0 Å². The van der Waals surface area contributed by atoms with E-state index in [1.165, 1.54) is 17.2 Å². The molecule has 98 valence electrons. The first-order valence-corrected chi connectivity index (χ1v) is 5.63. The van der Waals surface area contributed by atoms with E-state index in [9.17, 15) is 20.2 Å². The fraction of sp³-hybridized carbons (Fsp3) is 0.273. The number of anilines is 1. The SMILES string of the molecule is O=[N+]([O-])c1ccc(N2OC3C=CC2C3)c([N+](=O)[O-])c1. The third-order valence-corrected chi connectivity index (χ3v) is 3.18. The number of hydrogen-bond donors (Lipinski definition) is 0. The van der Waals surface area contributed by atoms with Crippen molar-refractivity contribution in [3.05, 3.63) is 50.6 Å². The molecule has 1 fully saturated rings. The van der Waals surface area contributed by atoms with E-state index in [0.717, 1.165) is 12.5 Å². The Morgan fingerprint density at radius 1 is 1.21 bits per heavy atom. The van der Waals surface area contributed by atoms with Gasteiger partial charge in [0.15, 0.2) is 0 Å². The van der Waals surface area contributed by atoms with Crippen LogP contribution >= 0.6 is 0 Å². The summed E-state index contributed by atoms with van der Waals surface area (Å²) >= 11 is 0. The summed E-state index contributed by atoms with van der Waals surface area (Å²) in [4.78, 5) is 25.9. The molecule has 0 radical (unpaired) electrons. The second kappa shape index (κ2) is 4.02. The van der Waals surface area contributed by atoms with Crippen LogP contribution in [0, 0.1) is 20.2 Å². The molecule has 2 aliphatic rings. The first-order valence-electron chi connectivity index (χ1n) is 5.63.